The smallest absolute Gasteiger partial charge is 0.199 e. The molecule has 1 aliphatic rings. The lowest BCUT2D eigenvalue weighted by Gasteiger charge is -2.09. The lowest BCUT2D eigenvalue weighted by Crippen LogP contribution is -2.02. The van der Waals surface area contributed by atoms with E-state index in [0.29, 0.717) is 10.7 Å². The fourth-order valence-corrected chi connectivity index (χ4v) is 2.49. The number of aromatic amines is 1. The van der Waals surface area contributed by atoms with Gasteiger partial charge in [0.1, 0.15) is 5.82 Å². The van der Waals surface area contributed by atoms with E-state index in [9.17, 15) is 0 Å². The number of benzene rings is 1. The largest absolute Gasteiger partial charge is 0.272 e. The Kier molecular flexibility index (Phi) is 2.56. The highest BCUT2D eigenvalue weighted by molar-refractivity contribution is 7.71. The molecule has 0 radical (unpaired) electrons. The predicted octanol–water partition coefficient (Wildman–Crippen LogP) is 3.77. The Bertz CT molecular complexity index is 625. The molecule has 1 aromatic heterocycles. The third-order valence-corrected chi connectivity index (χ3v) is 3.55. The third kappa shape index (κ3) is 1.91. The van der Waals surface area contributed by atoms with Gasteiger partial charge in [-0.05, 0) is 55.7 Å². The van der Waals surface area contributed by atoms with E-state index < -0.39 is 0 Å². The maximum absolute atomic E-state index is 5.97. The molecule has 3 nitrogen and oxygen atoms in total. The summed E-state index contributed by atoms with van der Waals surface area (Å²) in [5, 5.41) is 7.96. The van der Waals surface area contributed by atoms with Gasteiger partial charge in [-0.1, -0.05) is 11.6 Å². The van der Waals surface area contributed by atoms with E-state index in [4.69, 9.17) is 23.8 Å². The van der Waals surface area contributed by atoms with Crippen molar-refractivity contribution in [1.29, 1.82) is 0 Å². The summed E-state index contributed by atoms with van der Waals surface area (Å²) in [5.41, 5.74) is 2.17. The summed E-state index contributed by atoms with van der Waals surface area (Å²) in [5.74, 6) is 1.60. The molecule has 0 unspecified atom stereocenters. The third-order valence-electron chi connectivity index (χ3n) is 3.04. The maximum Gasteiger partial charge on any atom is 0.199 e. The first-order valence-electron chi connectivity index (χ1n) is 5.60. The minimum absolute atomic E-state index is 0.554. The molecular formula is C12H12ClN3S. The molecule has 17 heavy (non-hydrogen) atoms. The number of rotatable bonds is 2. The van der Waals surface area contributed by atoms with Crippen LogP contribution in [0.5, 0.6) is 0 Å². The Morgan fingerprint density at radius 2 is 2.24 bits per heavy atom. The summed E-state index contributed by atoms with van der Waals surface area (Å²) in [6.07, 6.45) is 2.40. The molecule has 3 rings (SSSR count). The number of aromatic nitrogens is 3. The van der Waals surface area contributed by atoms with Crippen molar-refractivity contribution in [1.82, 2.24) is 14.8 Å². The first kappa shape index (κ1) is 11.0. The van der Waals surface area contributed by atoms with Crippen molar-refractivity contribution in [3.63, 3.8) is 0 Å². The fraction of sp³-hybridized carbons (Fsp3) is 0.333. The summed E-state index contributed by atoms with van der Waals surface area (Å²) in [6, 6.07) is 5.83. The second kappa shape index (κ2) is 3.96. The van der Waals surface area contributed by atoms with Gasteiger partial charge in [-0.2, -0.15) is 5.10 Å². The van der Waals surface area contributed by atoms with Crippen LogP contribution in [0.2, 0.25) is 5.02 Å². The average Bonchev–Trinajstić information content (AvgIpc) is 3.04. The molecule has 1 heterocycles. The van der Waals surface area contributed by atoms with Crippen molar-refractivity contribution in [3.05, 3.63) is 39.4 Å². The molecule has 1 N–H and O–H groups in total. The van der Waals surface area contributed by atoms with Crippen molar-refractivity contribution in [2.24, 2.45) is 0 Å². The zero-order chi connectivity index (χ0) is 12.0. The van der Waals surface area contributed by atoms with Gasteiger partial charge in [0, 0.05) is 10.9 Å². The summed E-state index contributed by atoms with van der Waals surface area (Å²) in [7, 11) is 0. The van der Waals surface area contributed by atoms with Crippen molar-refractivity contribution in [2.45, 2.75) is 25.7 Å². The molecule has 1 saturated carbocycles. The van der Waals surface area contributed by atoms with Gasteiger partial charge in [-0.3, -0.25) is 9.67 Å². The highest BCUT2D eigenvalue weighted by Crippen LogP contribution is 2.40. The molecule has 0 bridgehead atoms. The maximum atomic E-state index is 5.97. The quantitative estimate of drug-likeness (QED) is 0.839. The number of aryl methyl sites for hydroxylation is 1. The van der Waals surface area contributed by atoms with Crippen LogP contribution in [-0.2, 0) is 0 Å². The van der Waals surface area contributed by atoms with Crippen LogP contribution in [0.3, 0.4) is 0 Å². The van der Waals surface area contributed by atoms with Gasteiger partial charge in [0.25, 0.3) is 0 Å². The van der Waals surface area contributed by atoms with E-state index in [-0.39, 0.29) is 0 Å². The van der Waals surface area contributed by atoms with Gasteiger partial charge in [0.05, 0.1) is 5.69 Å². The summed E-state index contributed by atoms with van der Waals surface area (Å²) in [6.45, 7) is 2.03. The molecule has 5 heteroatoms. The van der Waals surface area contributed by atoms with E-state index >= 15 is 0 Å². The molecule has 1 fully saturated rings. The van der Waals surface area contributed by atoms with E-state index in [0.717, 1.165) is 22.1 Å². The first-order chi connectivity index (χ1) is 8.16. The van der Waals surface area contributed by atoms with Gasteiger partial charge in [-0.25, -0.2) is 0 Å². The van der Waals surface area contributed by atoms with Gasteiger partial charge < -0.3 is 0 Å². The number of halogens is 1. The number of nitrogens with one attached hydrogen (secondary N) is 1. The monoisotopic (exact) mass is 265 g/mol. The second-order valence-corrected chi connectivity index (χ2v) is 5.25. The van der Waals surface area contributed by atoms with Crippen LogP contribution in [0.1, 0.15) is 30.1 Å². The van der Waals surface area contributed by atoms with Crippen LogP contribution in [0.4, 0.5) is 0 Å². The van der Waals surface area contributed by atoms with Crippen molar-refractivity contribution in [3.8, 4) is 5.69 Å². The number of hydrogen-bond acceptors (Lipinski definition) is 2. The summed E-state index contributed by atoms with van der Waals surface area (Å²) < 4.78 is 2.68. The average molecular weight is 266 g/mol. The zero-order valence-corrected chi connectivity index (χ0v) is 11.0. The topological polar surface area (TPSA) is 33.6 Å². The van der Waals surface area contributed by atoms with Crippen LogP contribution in [0, 0.1) is 11.7 Å². The fourth-order valence-electron chi connectivity index (χ4n) is 2.03. The molecule has 88 valence electrons. The normalized spacial score (nSPS) is 15.2. The highest BCUT2D eigenvalue weighted by Gasteiger charge is 2.29. The van der Waals surface area contributed by atoms with Crippen molar-refractivity contribution < 1.29 is 0 Å². The van der Waals surface area contributed by atoms with Gasteiger partial charge in [0.2, 0.25) is 0 Å². The first-order valence-corrected chi connectivity index (χ1v) is 6.39. The minimum Gasteiger partial charge on any atom is -0.272 e. The molecular weight excluding hydrogens is 254 g/mol. The van der Waals surface area contributed by atoms with Crippen molar-refractivity contribution >= 4 is 23.8 Å². The summed E-state index contributed by atoms with van der Waals surface area (Å²) in [4.78, 5) is 0. The Hall–Kier alpha value is -1.13. The second-order valence-electron chi connectivity index (χ2n) is 4.43. The molecule has 0 atom stereocenters. The van der Waals surface area contributed by atoms with Crippen LogP contribution >= 0.6 is 23.8 Å². The number of hydrogen-bond donors (Lipinski definition) is 1. The minimum atomic E-state index is 0.554. The Morgan fingerprint density at radius 3 is 2.88 bits per heavy atom. The summed E-state index contributed by atoms with van der Waals surface area (Å²) >= 11 is 11.3. The molecule has 0 amide bonds. The van der Waals surface area contributed by atoms with E-state index in [1.165, 1.54) is 12.8 Å². The molecule has 1 aromatic carbocycles. The van der Waals surface area contributed by atoms with E-state index in [1.54, 1.807) is 0 Å². The van der Waals surface area contributed by atoms with E-state index in [1.807, 2.05) is 29.7 Å². The number of nitrogens with zero attached hydrogens (tertiary/aromatic N) is 2. The standard InChI is InChI=1S/C12H12ClN3S/c1-7-6-9(13)4-5-10(7)16-11(8-2-3-8)14-15-12(16)17/h4-6,8H,2-3H2,1H3,(H,15,17). The lowest BCUT2D eigenvalue weighted by atomic mass is 10.2. The van der Waals surface area contributed by atoms with E-state index in [2.05, 4.69) is 10.2 Å². The molecule has 0 spiro atoms. The van der Waals surface area contributed by atoms with Gasteiger partial charge in [-0.15, -0.1) is 0 Å². The molecule has 2 aromatic rings. The van der Waals surface area contributed by atoms with Crippen LogP contribution in [0.25, 0.3) is 5.69 Å². The SMILES string of the molecule is Cc1cc(Cl)ccc1-n1c(C2CC2)n[nH]c1=S. The molecule has 0 saturated heterocycles. The Morgan fingerprint density at radius 1 is 1.47 bits per heavy atom. The van der Waals surface area contributed by atoms with Gasteiger partial charge >= 0.3 is 0 Å². The van der Waals surface area contributed by atoms with Crippen LogP contribution in [0.15, 0.2) is 18.2 Å². The van der Waals surface area contributed by atoms with Gasteiger partial charge in [0.15, 0.2) is 4.77 Å². The zero-order valence-electron chi connectivity index (χ0n) is 9.40. The van der Waals surface area contributed by atoms with Crippen molar-refractivity contribution in [2.75, 3.05) is 0 Å². The molecule has 0 aliphatic heterocycles. The predicted molar refractivity (Wildman–Crippen MR) is 70.5 cm³/mol. The lowest BCUT2D eigenvalue weighted by molar-refractivity contribution is 0.864. The number of H-pyrrole nitrogens is 1. The molecule has 1 aliphatic carbocycles. The van der Waals surface area contributed by atoms with Crippen LogP contribution < -0.4 is 0 Å². The van der Waals surface area contributed by atoms with Crippen LogP contribution in [-0.4, -0.2) is 14.8 Å². The Labute approximate surface area is 109 Å². The Balaban J connectivity index is 2.20. The highest BCUT2D eigenvalue weighted by atomic mass is 35.5.